The summed E-state index contributed by atoms with van der Waals surface area (Å²) in [7, 11) is -1.03. The fraction of sp³-hybridized carbons (Fsp3) is 0.235. The largest absolute Gasteiger partial charge is 0.481 e. The van der Waals surface area contributed by atoms with Gasteiger partial charge in [-0.3, -0.25) is 4.79 Å². The number of nitrogens with one attached hydrogen (secondary N) is 1. The normalized spacial score (nSPS) is 11.0. The zero-order valence-electron chi connectivity index (χ0n) is 14.3. The lowest BCUT2D eigenvalue weighted by Crippen LogP contribution is -2.38. The molecule has 0 unspecified atom stereocenters. The molecule has 0 atom stereocenters. The molecule has 0 bridgehead atoms. The number of ether oxygens (including phenoxy) is 1. The minimum Gasteiger partial charge on any atom is -0.481 e. The molecule has 2 rings (SSSR count). The van der Waals surface area contributed by atoms with Gasteiger partial charge in [0.2, 0.25) is 21.8 Å². The van der Waals surface area contributed by atoms with Crippen molar-refractivity contribution in [2.75, 3.05) is 20.7 Å². The highest BCUT2D eigenvalue weighted by molar-refractivity contribution is 7.89. The van der Waals surface area contributed by atoms with Crippen LogP contribution >= 0.6 is 0 Å². The first kappa shape index (κ1) is 19.4. The van der Waals surface area contributed by atoms with Crippen molar-refractivity contribution in [2.45, 2.75) is 11.4 Å². The molecule has 0 aliphatic carbocycles. The molecule has 0 spiro atoms. The summed E-state index contributed by atoms with van der Waals surface area (Å²) in [5, 5.41) is 11.4. The van der Waals surface area contributed by atoms with Crippen LogP contribution in [0.2, 0.25) is 0 Å². The molecule has 0 radical (unpaired) electrons. The van der Waals surface area contributed by atoms with Gasteiger partial charge in [0.15, 0.2) is 0 Å². The number of benzene rings is 1. The lowest BCUT2D eigenvalue weighted by molar-refractivity contribution is -0.121. The molecule has 1 heterocycles. The second-order valence-electron chi connectivity index (χ2n) is 5.35. The van der Waals surface area contributed by atoms with E-state index in [1.165, 1.54) is 38.4 Å². The standard InChI is InChI=1S/C17H18N4O4S/c1-21(26(23,24)15-7-5-13(10-18)6-8-15)12-16(22)20-11-14-4-3-9-19-17(14)25-2/h3-9H,11-12H2,1-2H3,(H,20,22). The van der Waals surface area contributed by atoms with Crippen molar-refractivity contribution >= 4 is 15.9 Å². The number of carbonyl (C=O) groups excluding carboxylic acids is 1. The molecule has 0 aliphatic rings. The molecule has 0 saturated carbocycles. The summed E-state index contributed by atoms with van der Waals surface area (Å²) in [5.74, 6) is -0.0676. The maximum Gasteiger partial charge on any atom is 0.243 e. The predicted octanol–water partition coefficient (Wildman–Crippen LogP) is 0.899. The second kappa shape index (κ2) is 8.42. The summed E-state index contributed by atoms with van der Waals surface area (Å²) in [6.07, 6.45) is 1.57. The Morgan fingerprint density at radius 1 is 1.31 bits per heavy atom. The molecule has 1 aromatic carbocycles. The van der Waals surface area contributed by atoms with E-state index < -0.39 is 15.9 Å². The first-order valence-electron chi connectivity index (χ1n) is 7.59. The summed E-state index contributed by atoms with van der Waals surface area (Å²) in [6.45, 7) is -0.175. The lowest BCUT2D eigenvalue weighted by atomic mass is 10.2. The first-order valence-corrected chi connectivity index (χ1v) is 9.03. The minimum atomic E-state index is -3.83. The third-order valence-corrected chi connectivity index (χ3v) is 5.39. The molecular weight excluding hydrogens is 356 g/mol. The van der Waals surface area contributed by atoms with Gasteiger partial charge in [0, 0.05) is 25.4 Å². The number of rotatable bonds is 7. The van der Waals surface area contributed by atoms with Crippen molar-refractivity contribution in [3.05, 3.63) is 53.7 Å². The molecule has 1 amide bonds. The number of likely N-dealkylation sites (N-methyl/N-ethyl adjacent to an activating group) is 1. The molecule has 1 aromatic heterocycles. The average molecular weight is 374 g/mol. The summed E-state index contributed by atoms with van der Waals surface area (Å²) in [4.78, 5) is 16.1. The van der Waals surface area contributed by atoms with E-state index in [-0.39, 0.29) is 18.0 Å². The van der Waals surface area contributed by atoms with Crippen LogP contribution < -0.4 is 10.1 Å². The van der Waals surface area contributed by atoms with E-state index in [1.807, 2.05) is 6.07 Å². The zero-order chi connectivity index (χ0) is 19.2. The van der Waals surface area contributed by atoms with Gasteiger partial charge in [-0.25, -0.2) is 13.4 Å². The molecule has 0 aliphatic heterocycles. The summed E-state index contributed by atoms with van der Waals surface area (Å²) < 4.78 is 31.0. The fourth-order valence-electron chi connectivity index (χ4n) is 2.16. The minimum absolute atomic E-state index is 0.0146. The van der Waals surface area contributed by atoms with E-state index in [4.69, 9.17) is 10.00 Å². The van der Waals surface area contributed by atoms with E-state index >= 15 is 0 Å². The third kappa shape index (κ3) is 4.56. The number of sulfonamides is 1. The highest BCUT2D eigenvalue weighted by Crippen LogP contribution is 2.15. The molecule has 0 fully saturated rings. The number of nitrogens with zero attached hydrogens (tertiary/aromatic N) is 3. The highest BCUT2D eigenvalue weighted by Gasteiger charge is 2.23. The first-order chi connectivity index (χ1) is 12.4. The van der Waals surface area contributed by atoms with Gasteiger partial charge in [0.25, 0.3) is 0 Å². The Morgan fingerprint density at radius 2 is 2.00 bits per heavy atom. The third-order valence-electron chi connectivity index (χ3n) is 3.58. The molecule has 1 N–H and O–H groups in total. The fourth-order valence-corrected chi connectivity index (χ4v) is 3.29. The van der Waals surface area contributed by atoms with Gasteiger partial charge in [0.05, 0.1) is 30.2 Å². The summed E-state index contributed by atoms with van der Waals surface area (Å²) in [6, 6.07) is 10.9. The number of methoxy groups -OCH3 is 1. The van der Waals surface area contributed by atoms with Gasteiger partial charge in [-0.1, -0.05) is 6.07 Å². The molecule has 0 saturated heterocycles. The number of aromatic nitrogens is 1. The Kier molecular flexibility index (Phi) is 6.27. The Balaban J connectivity index is 2.00. The van der Waals surface area contributed by atoms with Crippen LogP contribution in [0.5, 0.6) is 5.88 Å². The van der Waals surface area contributed by atoms with E-state index in [1.54, 1.807) is 18.3 Å². The van der Waals surface area contributed by atoms with Crippen LogP contribution in [-0.4, -0.2) is 44.3 Å². The van der Waals surface area contributed by atoms with Crippen LogP contribution in [0.4, 0.5) is 0 Å². The van der Waals surface area contributed by atoms with Crippen LogP contribution in [0, 0.1) is 11.3 Å². The van der Waals surface area contributed by atoms with Crippen molar-refractivity contribution in [3.63, 3.8) is 0 Å². The van der Waals surface area contributed by atoms with Crippen LogP contribution in [0.1, 0.15) is 11.1 Å². The number of nitriles is 1. The van der Waals surface area contributed by atoms with Gasteiger partial charge in [-0.15, -0.1) is 0 Å². The highest BCUT2D eigenvalue weighted by atomic mass is 32.2. The number of carbonyl (C=O) groups is 1. The average Bonchev–Trinajstić information content (AvgIpc) is 2.66. The Labute approximate surface area is 152 Å². The van der Waals surface area contributed by atoms with Crippen LogP contribution in [0.25, 0.3) is 0 Å². The number of pyridine rings is 1. The molecule has 9 heteroatoms. The van der Waals surface area contributed by atoms with Crippen LogP contribution in [0.15, 0.2) is 47.5 Å². The van der Waals surface area contributed by atoms with Crippen LogP contribution in [0.3, 0.4) is 0 Å². The second-order valence-corrected chi connectivity index (χ2v) is 7.39. The van der Waals surface area contributed by atoms with Crippen molar-refractivity contribution in [1.29, 1.82) is 5.26 Å². The monoisotopic (exact) mass is 374 g/mol. The maximum atomic E-state index is 12.5. The van der Waals surface area contributed by atoms with Crippen molar-refractivity contribution in [2.24, 2.45) is 0 Å². The Bertz CT molecular complexity index is 921. The van der Waals surface area contributed by atoms with E-state index in [0.29, 0.717) is 17.0 Å². The Hall–Kier alpha value is -2.96. The van der Waals surface area contributed by atoms with E-state index in [2.05, 4.69) is 10.3 Å². The molecular formula is C17H18N4O4S. The topological polar surface area (TPSA) is 112 Å². The van der Waals surface area contributed by atoms with Crippen LogP contribution in [-0.2, 0) is 21.4 Å². The molecule has 8 nitrogen and oxygen atoms in total. The predicted molar refractivity (Wildman–Crippen MR) is 93.6 cm³/mol. The number of hydrogen-bond donors (Lipinski definition) is 1. The zero-order valence-corrected chi connectivity index (χ0v) is 15.2. The van der Waals surface area contributed by atoms with Crippen molar-refractivity contribution in [3.8, 4) is 11.9 Å². The molecule has 2 aromatic rings. The van der Waals surface area contributed by atoms with Gasteiger partial charge in [-0.2, -0.15) is 9.57 Å². The van der Waals surface area contributed by atoms with Gasteiger partial charge in [-0.05, 0) is 30.3 Å². The van der Waals surface area contributed by atoms with Gasteiger partial charge >= 0.3 is 0 Å². The number of amides is 1. The van der Waals surface area contributed by atoms with Gasteiger partial charge in [0.1, 0.15) is 0 Å². The summed E-state index contributed by atoms with van der Waals surface area (Å²) in [5.41, 5.74) is 1.04. The van der Waals surface area contributed by atoms with E-state index in [0.717, 1.165) is 4.31 Å². The molecule has 136 valence electrons. The van der Waals surface area contributed by atoms with E-state index in [9.17, 15) is 13.2 Å². The smallest absolute Gasteiger partial charge is 0.243 e. The maximum absolute atomic E-state index is 12.5. The number of hydrogen-bond acceptors (Lipinski definition) is 6. The Morgan fingerprint density at radius 3 is 2.62 bits per heavy atom. The summed E-state index contributed by atoms with van der Waals surface area (Å²) >= 11 is 0. The lowest BCUT2D eigenvalue weighted by Gasteiger charge is -2.17. The van der Waals surface area contributed by atoms with Gasteiger partial charge < -0.3 is 10.1 Å². The molecule has 26 heavy (non-hydrogen) atoms. The van der Waals surface area contributed by atoms with Crippen molar-refractivity contribution < 1.29 is 17.9 Å². The quantitative estimate of drug-likeness (QED) is 0.770. The SMILES string of the molecule is COc1ncccc1CNC(=O)CN(C)S(=O)(=O)c1ccc(C#N)cc1. The van der Waals surface area contributed by atoms with Crippen molar-refractivity contribution in [1.82, 2.24) is 14.6 Å².